The van der Waals surface area contributed by atoms with Crippen molar-refractivity contribution in [3.8, 4) is 17.0 Å². The molecule has 0 unspecified atom stereocenters. The third kappa shape index (κ3) is 3.42. The maximum Gasteiger partial charge on any atom is 0.143 e. The van der Waals surface area contributed by atoms with Gasteiger partial charge < -0.3 is 20.1 Å². The van der Waals surface area contributed by atoms with E-state index in [4.69, 9.17) is 4.74 Å². The fourth-order valence-corrected chi connectivity index (χ4v) is 3.29. The number of aliphatic hydroxyl groups is 1. The summed E-state index contributed by atoms with van der Waals surface area (Å²) in [7, 11) is 1.62. The van der Waals surface area contributed by atoms with E-state index in [-0.39, 0.29) is 12.6 Å². The van der Waals surface area contributed by atoms with Crippen LogP contribution in [0.15, 0.2) is 60.9 Å². The lowest BCUT2D eigenvalue weighted by molar-refractivity contribution is 0.281. The molecule has 0 saturated carbocycles. The van der Waals surface area contributed by atoms with Gasteiger partial charge in [0.15, 0.2) is 0 Å². The Hall–Kier alpha value is -3.38. The van der Waals surface area contributed by atoms with Crippen LogP contribution in [0, 0.1) is 0 Å². The Morgan fingerprint density at radius 2 is 1.93 bits per heavy atom. The molecule has 3 N–H and O–H groups in total. The first-order valence-corrected chi connectivity index (χ1v) is 9.13. The number of methoxy groups -OCH3 is 1. The number of fused-ring (bicyclic) bond motifs is 1. The van der Waals surface area contributed by atoms with Gasteiger partial charge in [0, 0.05) is 11.6 Å². The first kappa shape index (κ1) is 18.0. The van der Waals surface area contributed by atoms with Crippen molar-refractivity contribution in [1.82, 2.24) is 15.0 Å². The Morgan fingerprint density at radius 3 is 2.68 bits per heavy atom. The number of hydrogen-bond acceptors (Lipinski definition) is 5. The first-order valence-electron chi connectivity index (χ1n) is 9.13. The highest BCUT2D eigenvalue weighted by Crippen LogP contribution is 2.34. The highest BCUT2D eigenvalue weighted by atomic mass is 16.5. The second-order valence-electron chi connectivity index (χ2n) is 6.64. The number of anilines is 1. The molecule has 0 amide bonds. The summed E-state index contributed by atoms with van der Waals surface area (Å²) in [4.78, 5) is 12.2. The number of nitrogens with one attached hydrogen (secondary N) is 2. The first-order chi connectivity index (χ1) is 13.7. The van der Waals surface area contributed by atoms with Crippen molar-refractivity contribution in [2.24, 2.45) is 0 Å². The van der Waals surface area contributed by atoms with Crippen LogP contribution in [0.5, 0.6) is 5.75 Å². The number of ether oxygens (including phenoxy) is 1. The molecule has 0 aliphatic heterocycles. The van der Waals surface area contributed by atoms with E-state index in [1.165, 1.54) is 5.56 Å². The second-order valence-corrected chi connectivity index (χ2v) is 6.64. The van der Waals surface area contributed by atoms with Crippen LogP contribution in [0.1, 0.15) is 24.1 Å². The molecule has 142 valence electrons. The summed E-state index contributed by atoms with van der Waals surface area (Å²) >= 11 is 0. The summed E-state index contributed by atoms with van der Waals surface area (Å²) in [5.74, 6) is 1.47. The highest BCUT2D eigenvalue weighted by Gasteiger charge is 2.14. The fraction of sp³-hybridized carbons (Fsp3) is 0.182. The Bertz CT molecular complexity index is 1090. The van der Waals surface area contributed by atoms with Crippen LogP contribution >= 0.6 is 0 Å². The van der Waals surface area contributed by atoms with Crippen LogP contribution in [0.3, 0.4) is 0 Å². The molecule has 0 spiro atoms. The Morgan fingerprint density at radius 1 is 1.11 bits per heavy atom. The maximum atomic E-state index is 9.36. The van der Waals surface area contributed by atoms with Crippen LogP contribution in [0.2, 0.25) is 0 Å². The zero-order chi connectivity index (χ0) is 19.5. The van der Waals surface area contributed by atoms with Gasteiger partial charge in [0.2, 0.25) is 0 Å². The minimum absolute atomic E-state index is 0.0275. The number of H-pyrrole nitrogens is 1. The van der Waals surface area contributed by atoms with Gasteiger partial charge in [-0.15, -0.1) is 0 Å². The molecule has 0 fully saturated rings. The molecule has 4 aromatic rings. The van der Waals surface area contributed by atoms with Gasteiger partial charge in [-0.1, -0.05) is 36.4 Å². The van der Waals surface area contributed by atoms with E-state index in [0.29, 0.717) is 5.75 Å². The molecular formula is C22H22N4O2. The lowest BCUT2D eigenvalue weighted by atomic mass is 10.1. The van der Waals surface area contributed by atoms with Gasteiger partial charge in [-0.05, 0) is 36.2 Å². The van der Waals surface area contributed by atoms with Crippen molar-refractivity contribution < 1.29 is 9.84 Å². The summed E-state index contributed by atoms with van der Waals surface area (Å²) in [5.41, 5.74) is 4.52. The molecule has 1 atom stereocenters. The van der Waals surface area contributed by atoms with Gasteiger partial charge in [0.05, 0.1) is 24.8 Å². The van der Waals surface area contributed by atoms with Crippen LogP contribution in [-0.4, -0.2) is 27.2 Å². The standard InChI is InChI=1S/C22H22N4O2/c1-14(16-6-4-3-5-7-16)25-21-18-11-19(26-22(18)24-13-23-21)17-9-8-15(12-27)10-20(17)28-2/h3-11,13-14,27H,12H2,1-2H3,(H2,23,24,25,26)/t14-/m1/s1. The molecule has 0 aliphatic carbocycles. The molecule has 0 radical (unpaired) electrons. The number of hydrogen-bond donors (Lipinski definition) is 3. The molecule has 4 rings (SSSR count). The lowest BCUT2D eigenvalue weighted by Gasteiger charge is -2.15. The Kier molecular flexibility index (Phi) is 4.95. The van der Waals surface area contributed by atoms with E-state index in [1.807, 2.05) is 42.5 Å². The molecule has 0 aliphatic rings. The summed E-state index contributed by atoms with van der Waals surface area (Å²) in [5, 5.41) is 13.7. The number of benzene rings is 2. The topological polar surface area (TPSA) is 83.1 Å². The fourth-order valence-electron chi connectivity index (χ4n) is 3.29. The monoisotopic (exact) mass is 374 g/mol. The van der Waals surface area contributed by atoms with Crippen LogP contribution in [0.4, 0.5) is 5.82 Å². The van der Waals surface area contributed by atoms with Crippen LogP contribution in [0.25, 0.3) is 22.3 Å². The van der Waals surface area contributed by atoms with Gasteiger partial charge in [0.1, 0.15) is 23.5 Å². The van der Waals surface area contributed by atoms with E-state index in [1.54, 1.807) is 13.4 Å². The number of nitrogens with zero attached hydrogens (tertiary/aromatic N) is 2. The van der Waals surface area contributed by atoms with Crippen LogP contribution < -0.4 is 10.1 Å². The minimum Gasteiger partial charge on any atom is -0.496 e. The summed E-state index contributed by atoms with van der Waals surface area (Å²) in [6, 6.07) is 18.0. The van der Waals surface area contributed by atoms with Crippen molar-refractivity contribution in [3.63, 3.8) is 0 Å². The zero-order valence-electron chi connectivity index (χ0n) is 15.8. The normalized spacial score (nSPS) is 12.1. The third-order valence-corrected chi connectivity index (χ3v) is 4.82. The van der Waals surface area contributed by atoms with Gasteiger partial charge in [-0.25, -0.2) is 9.97 Å². The predicted molar refractivity (Wildman–Crippen MR) is 110 cm³/mol. The van der Waals surface area contributed by atoms with Gasteiger partial charge in [0.25, 0.3) is 0 Å². The number of aromatic amines is 1. The van der Waals surface area contributed by atoms with E-state index in [0.717, 1.165) is 33.7 Å². The average Bonchev–Trinajstić information content (AvgIpc) is 3.19. The summed E-state index contributed by atoms with van der Waals surface area (Å²) in [6.45, 7) is 2.08. The van der Waals surface area contributed by atoms with Crippen molar-refractivity contribution in [2.75, 3.05) is 12.4 Å². The molecule has 6 nitrogen and oxygen atoms in total. The SMILES string of the molecule is COc1cc(CO)ccc1-c1cc2c(N[C@H](C)c3ccccc3)ncnc2[nH]1. The quantitative estimate of drug-likeness (QED) is 0.469. The molecule has 2 aromatic heterocycles. The number of aliphatic hydroxyl groups excluding tert-OH is 1. The molecule has 2 aromatic carbocycles. The molecule has 6 heteroatoms. The molecular weight excluding hydrogens is 352 g/mol. The second kappa shape index (κ2) is 7.70. The van der Waals surface area contributed by atoms with E-state index in [9.17, 15) is 5.11 Å². The largest absolute Gasteiger partial charge is 0.496 e. The van der Waals surface area contributed by atoms with E-state index >= 15 is 0 Å². The Balaban J connectivity index is 1.72. The van der Waals surface area contributed by atoms with Crippen molar-refractivity contribution in [2.45, 2.75) is 19.6 Å². The zero-order valence-corrected chi connectivity index (χ0v) is 15.8. The molecule has 28 heavy (non-hydrogen) atoms. The lowest BCUT2D eigenvalue weighted by Crippen LogP contribution is -2.08. The Labute approximate surface area is 163 Å². The van der Waals surface area contributed by atoms with Crippen molar-refractivity contribution in [1.29, 1.82) is 0 Å². The number of aromatic nitrogens is 3. The van der Waals surface area contributed by atoms with E-state index in [2.05, 4.69) is 39.3 Å². The summed E-state index contributed by atoms with van der Waals surface area (Å²) < 4.78 is 5.51. The van der Waals surface area contributed by atoms with Crippen molar-refractivity contribution in [3.05, 3.63) is 72.1 Å². The summed E-state index contributed by atoms with van der Waals surface area (Å²) in [6.07, 6.45) is 1.55. The van der Waals surface area contributed by atoms with Crippen molar-refractivity contribution >= 4 is 16.9 Å². The van der Waals surface area contributed by atoms with Crippen LogP contribution in [-0.2, 0) is 6.61 Å². The van der Waals surface area contributed by atoms with E-state index < -0.39 is 0 Å². The number of rotatable bonds is 6. The molecule has 0 bridgehead atoms. The minimum atomic E-state index is -0.0275. The maximum absolute atomic E-state index is 9.36. The average molecular weight is 374 g/mol. The predicted octanol–water partition coefficient (Wildman–Crippen LogP) is 4.30. The third-order valence-electron chi connectivity index (χ3n) is 4.82. The smallest absolute Gasteiger partial charge is 0.143 e. The molecule has 2 heterocycles. The van der Waals surface area contributed by atoms with Gasteiger partial charge in [-0.3, -0.25) is 0 Å². The highest BCUT2D eigenvalue weighted by molar-refractivity contribution is 5.92. The van der Waals surface area contributed by atoms with Gasteiger partial charge in [-0.2, -0.15) is 0 Å². The van der Waals surface area contributed by atoms with Gasteiger partial charge >= 0.3 is 0 Å². The molecule has 0 saturated heterocycles.